The topological polar surface area (TPSA) is 76.0 Å². The van der Waals surface area contributed by atoms with Crippen LogP contribution in [0.4, 0.5) is 0 Å². The number of aryl methyl sites for hydroxylation is 1. The van der Waals surface area contributed by atoms with Crippen LogP contribution in [0.2, 0.25) is 0 Å². The number of carbonyl (C=O) groups excluding carboxylic acids is 2. The van der Waals surface area contributed by atoms with Gasteiger partial charge in [-0.2, -0.15) is 5.10 Å². The minimum absolute atomic E-state index is 0.106. The summed E-state index contributed by atoms with van der Waals surface area (Å²) < 4.78 is 1.56. The van der Waals surface area contributed by atoms with Gasteiger partial charge in [0.05, 0.1) is 11.8 Å². The summed E-state index contributed by atoms with van der Waals surface area (Å²) in [5, 5.41) is 9.12. The Morgan fingerprint density at radius 3 is 2.60 bits per heavy atom. The van der Waals surface area contributed by atoms with Gasteiger partial charge in [-0.25, -0.2) is 0 Å². The number of rotatable bonds is 4. The minimum Gasteiger partial charge on any atom is -0.355 e. The van der Waals surface area contributed by atoms with Crippen molar-refractivity contribution in [2.75, 3.05) is 13.1 Å². The summed E-state index contributed by atoms with van der Waals surface area (Å²) in [7, 11) is 1.74. The molecule has 6 nitrogen and oxygen atoms in total. The van der Waals surface area contributed by atoms with E-state index < -0.39 is 0 Å². The summed E-state index contributed by atoms with van der Waals surface area (Å²) in [6.07, 6.45) is 3.13. The van der Waals surface area contributed by atoms with Gasteiger partial charge >= 0.3 is 0 Å². The summed E-state index contributed by atoms with van der Waals surface area (Å²) in [6.45, 7) is 2.28. The molecule has 0 unspecified atom stereocenters. The Morgan fingerprint density at radius 2 is 2.07 bits per heavy atom. The van der Waals surface area contributed by atoms with Crippen LogP contribution in [0.25, 0.3) is 0 Å². The average molecular weight is 210 g/mol. The van der Waals surface area contributed by atoms with Crippen molar-refractivity contribution in [3.05, 3.63) is 18.0 Å². The maximum Gasteiger partial charge on any atom is 0.254 e. The normalized spacial score (nSPS) is 9.73. The second-order valence-corrected chi connectivity index (χ2v) is 3.14. The Morgan fingerprint density at radius 1 is 1.40 bits per heavy atom. The zero-order valence-corrected chi connectivity index (χ0v) is 8.78. The van der Waals surface area contributed by atoms with Crippen LogP contribution < -0.4 is 10.6 Å². The van der Waals surface area contributed by atoms with E-state index in [1.54, 1.807) is 17.9 Å². The lowest BCUT2D eigenvalue weighted by Gasteiger charge is -2.03. The standard InChI is InChI=1S/C9H14N4O2/c1-7(14)10-3-4-11-9(15)8-5-12-13(2)6-8/h5-6H,3-4H2,1-2H3,(H,10,14)(H,11,15). The molecule has 0 aliphatic heterocycles. The van der Waals surface area contributed by atoms with Crippen LogP contribution in [0.15, 0.2) is 12.4 Å². The molecule has 1 aromatic rings. The van der Waals surface area contributed by atoms with Crippen LogP contribution >= 0.6 is 0 Å². The molecule has 1 rings (SSSR count). The van der Waals surface area contributed by atoms with Crippen molar-refractivity contribution in [2.45, 2.75) is 6.92 Å². The molecule has 2 amide bonds. The lowest BCUT2D eigenvalue weighted by Crippen LogP contribution is -2.33. The van der Waals surface area contributed by atoms with Gasteiger partial charge in [0.25, 0.3) is 5.91 Å². The number of nitrogens with zero attached hydrogens (tertiary/aromatic N) is 2. The van der Waals surface area contributed by atoms with Gasteiger partial charge in [0.1, 0.15) is 0 Å². The van der Waals surface area contributed by atoms with E-state index in [-0.39, 0.29) is 11.8 Å². The van der Waals surface area contributed by atoms with E-state index in [0.29, 0.717) is 18.7 Å². The third-order valence-electron chi connectivity index (χ3n) is 1.75. The molecule has 15 heavy (non-hydrogen) atoms. The predicted octanol–water partition coefficient (Wildman–Crippen LogP) is -0.714. The quantitative estimate of drug-likeness (QED) is 0.644. The van der Waals surface area contributed by atoms with Gasteiger partial charge in [-0.3, -0.25) is 14.3 Å². The third kappa shape index (κ3) is 3.80. The number of nitrogens with one attached hydrogen (secondary N) is 2. The largest absolute Gasteiger partial charge is 0.355 e. The maximum absolute atomic E-state index is 11.4. The number of amides is 2. The molecule has 0 saturated heterocycles. The molecule has 2 N–H and O–H groups in total. The van der Waals surface area contributed by atoms with E-state index in [1.807, 2.05) is 0 Å². The van der Waals surface area contributed by atoms with Crippen molar-refractivity contribution in [2.24, 2.45) is 7.05 Å². The van der Waals surface area contributed by atoms with E-state index in [4.69, 9.17) is 0 Å². The Hall–Kier alpha value is -1.85. The van der Waals surface area contributed by atoms with Crippen molar-refractivity contribution in [3.8, 4) is 0 Å². The summed E-state index contributed by atoms with van der Waals surface area (Å²) in [4.78, 5) is 22.0. The van der Waals surface area contributed by atoms with Crippen LogP contribution in [0.5, 0.6) is 0 Å². The molecule has 0 saturated carbocycles. The lowest BCUT2D eigenvalue weighted by atomic mass is 10.3. The molecule has 0 fully saturated rings. The lowest BCUT2D eigenvalue weighted by molar-refractivity contribution is -0.118. The first-order valence-corrected chi connectivity index (χ1v) is 4.61. The summed E-state index contributed by atoms with van der Waals surface area (Å²) in [5.41, 5.74) is 0.514. The first kappa shape index (κ1) is 11.2. The van der Waals surface area contributed by atoms with E-state index in [9.17, 15) is 9.59 Å². The molecule has 0 radical (unpaired) electrons. The fraction of sp³-hybridized carbons (Fsp3) is 0.444. The Labute approximate surface area is 87.7 Å². The highest BCUT2D eigenvalue weighted by Gasteiger charge is 2.06. The Balaban J connectivity index is 2.28. The van der Waals surface area contributed by atoms with Gasteiger partial charge in [0.15, 0.2) is 0 Å². The van der Waals surface area contributed by atoms with Gasteiger partial charge in [-0.1, -0.05) is 0 Å². The van der Waals surface area contributed by atoms with E-state index in [2.05, 4.69) is 15.7 Å². The number of aromatic nitrogens is 2. The SMILES string of the molecule is CC(=O)NCCNC(=O)c1cnn(C)c1. The van der Waals surface area contributed by atoms with Gasteiger partial charge in [-0.05, 0) is 0 Å². The molecule has 0 aliphatic carbocycles. The zero-order chi connectivity index (χ0) is 11.3. The highest BCUT2D eigenvalue weighted by atomic mass is 16.2. The second kappa shape index (κ2) is 5.14. The third-order valence-corrected chi connectivity index (χ3v) is 1.75. The smallest absolute Gasteiger partial charge is 0.254 e. The van der Waals surface area contributed by atoms with Crippen LogP contribution in [-0.4, -0.2) is 34.7 Å². The molecule has 6 heteroatoms. The van der Waals surface area contributed by atoms with Crippen molar-refractivity contribution in [1.82, 2.24) is 20.4 Å². The first-order chi connectivity index (χ1) is 7.09. The molecule has 0 spiro atoms. The highest BCUT2D eigenvalue weighted by molar-refractivity contribution is 5.93. The maximum atomic E-state index is 11.4. The molecular formula is C9H14N4O2. The Kier molecular flexibility index (Phi) is 3.84. The van der Waals surface area contributed by atoms with Crippen molar-refractivity contribution in [3.63, 3.8) is 0 Å². The minimum atomic E-state index is -0.187. The summed E-state index contributed by atoms with van der Waals surface area (Å²) in [5.74, 6) is -0.293. The molecule has 0 aromatic carbocycles. The van der Waals surface area contributed by atoms with Crippen molar-refractivity contribution >= 4 is 11.8 Å². The van der Waals surface area contributed by atoms with E-state index in [0.717, 1.165) is 0 Å². The Bertz CT molecular complexity index is 359. The van der Waals surface area contributed by atoms with Crippen LogP contribution in [0.1, 0.15) is 17.3 Å². The van der Waals surface area contributed by atoms with Crippen molar-refractivity contribution in [1.29, 1.82) is 0 Å². The zero-order valence-electron chi connectivity index (χ0n) is 8.78. The fourth-order valence-electron chi connectivity index (χ4n) is 1.06. The monoisotopic (exact) mass is 210 g/mol. The summed E-state index contributed by atoms with van der Waals surface area (Å²) >= 11 is 0. The fourth-order valence-corrected chi connectivity index (χ4v) is 1.06. The van der Waals surface area contributed by atoms with Crippen LogP contribution in [-0.2, 0) is 11.8 Å². The molecule has 0 aliphatic rings. The predicted molar refractivity (Wildman–Crippen MR) is 54.2 cm³/mol. The second-order valence-electron chi connectivity index (χ2n) is 3.14. The molecule has 1 aromatic heterocycles. The van der Waals surface area contributed by atoms with Crippen LogP contribution in [0.3, 0.4) is 0 Å². The van der Waals surface area contributed by atoms with Gasteiger partial charge in [0.2, 0.25) is 5.91 Å². The molecule has 0 bridgehead atoms. The van der Waals surface area contributed by atoms with Crippen molar-refractivity contribution < 1.29 is 9.59 Å². The first-order valence-electron chi connectivity index (χ1n) is 4.61. The molecule has 1 heterocycles. The number of hydrogen-bond acceptors (Lipinski definition) is 3. The summed E-state index contributed by atoms with van der Waals surface area (Å²) in [6, 6.07) is 0. The van der Waals surface area contributed by atoms with Crippen LogP contribution in [0, 0.1) is 0 Å². The highest BCUT2D eigenvalue weighted by Crippen LogP contribution is 1.94. The van der Waals surface area contributed by atoms with Gasteiger partial charge < -0.3 is 10.6 Å². The van der Waals surface area contributed by atoms with Gasteiger partial charge in [-0.15, -0.1) is 0 Å². The number of carbonyl (C=O) groups is 2. The number of hydrogen-bond donors (Lipinski definition) is 2. The average Bonchev–Trinajstić information content (AvgIpc) is 2.59. The molecular weight excluding hydrogens is 196 g/mol. The van der Waals surface area contributed by atoms with E-state index >= 15 is 0 Å². The van der Waals surface area contributed by atoms with Gasteiger partial charge in [0, 0.05) is 33.3 Å². The molecule has 0 atom stereocenters. The van der Waals surface area contributed by atoms with E-state index in [1.165, 1.54) is 13.1 Å². The molecule has 82 valence electrons.